The third kappa shape index (κ3) is 9.44. The van der Waals surface area contributed by atoms with E-state index in [0.29, 0.717) is 28.9 Å². The molecule has 8 rings (SSSR count). The lowest BCUT2D eigenvalue weighted by atomic mass is 9.91. The van der Waals surface area contributed by atoms with Crippen molar-refractivity contribution in [3.8, 4) is 28.3 Å². The molecule has 292 valence electrons. The summed E-state index contributed by atoms with van der Waals surface area (Å²) in [6.45, 7) is 2.47. The average molecular weight is 791 g/mol. The van der Waals surface area contributed by atoms with E-state index in [2.05, 4.69) is 57.3 Å². The minimum atomic E-state index is -0.620. The maximum absolute atomic E-state index is 12.8. The number of urea groups is 1. The fourth-order valence-electron chi connectivity index (χ4n) is 6.75. The van der Waals surface area contributed by atoms with Crippen LogP contribution in [0.4, 0.5) is 10.5 Å². The molecule has 4 atom stereocenters. The van der Waals surface area contributed by atoms with Gasteiger partial charge in [-0.3, -0.25) is 0 Å². The number of para-hydroxylation sites is 2. The van der Waals surface area contributed by atoms with Gasteiger partial charge >= 0.3 is 6.03 Å². The quantitative estimate of drug-likeness (QED) is 0.0978. The first kappa shape index (κ1) is 38.6. The van der Waals surface area contributed by atoms with E-state index in [-0.39, 0.29) is 30.8 Å². The highest BCUT2D eigenvalue weighted by Crippen LogP contribution is 2.43. The molecular formula is C46H42N6O5S. The molecule has 0 aliphatic carbocycles. The molecule has 12 heteroatoms. The van der Waals surface area contributed by atoms with Gasteiger partial charge in [-0.15, -0.1) is 5.10 Å². The van der Waals surface area contributed by atoms with Crippen LogP contribution in [-0.4, -0.2) is 43.2 Å². The molecule has 0 spiro atoms. The highest BCUT2D eigenvalue weighted by atomic mass is 32.2. The van der Waals surface area contributed by atoms with Gasteiger partial charge in [-0.25, -0.2) is 4.79 Å². The number of tetrazole rings is 1. The lowest BCUT2D eigenvalue weighted by Crippen LogP contribution is -2.38. The maximum Gasteiger partial charge on any atom is 0.319 e. The number of carbonyl (C=O) groups is 1. The van der Waals surface area contributed by atoms with Gasteiger partial charge in [0.2, 0.25) is 5.16 Å². The number of amides is 2. The van der Waals surface area contributed by atoms with Crippen molar-refractivity contribution in [2.45, 2.75) is 43.7 Å². The topological polar surface area (TPSA) is 133 Å². The third-order valence-corrected chi connectivity index (χ3v) is 10.9. The molecule has 1 aliphatic rings. The molecule has 0 bridgehead atoms. The number of ether oxygens (including phenoxy) is 3. The Bertz CT molecular complexity index is 2400. The van der Waals surface area contributed by atoms with Crippen molar-refractivity contribution in [2.24, 2.45) is 5.92 Å². The van der Waals surface area contributed by atoms with Gasteiger partial charge in [0.15, 0.2) is 6.29 Å². The van der Waals surface area contributed by atoms with Crippen LogP contribution in [0.2, 0.25) is 0 Å². The molecule has 2 heterocycles. The monoisotopic (exact) mass is 790 g/mol. The summed E-state index contributed by atoms with van der Waals surface area (Å²) in [6, 6.07) is 50.5. The second-order valence-electron chi connectivity index (χ2n) is 13.9. The predicted octanol–water partition coefficient (Wildman–Crippen LogP) is 9.52. The molecule has 1 fully saturated rings. The molecule has 3 N–H and O–H groups in total. The number of anilines is 1. The van der Waals surface area contributed by atoms with Crippen molar-refractivity contribution in [3.63, 3.8) is 0 Å². The Morgan fingerprint density at radius 1 is 0.759 bits per heavy atom. The summed E-state index contributed by atoms with van der Waals surface area (Å²) in [5, 5.41) is 28.6. The second-order valence-corrected chi connectivity index (χ2v) is 14.9. The summed E-state index contributed by atoms with van der Waals surface area (Å²) in [4.78, 5) is 12.8. The molecule has 1 aliphatic heterocycles. The molecule has 6 aromatic carbocycles. The number of benzene rings is 6. The fraction of sp³-hybridized carbons (Fsp3) is 0.174. The Hall–Kier alpha value is -6.31. The zero-order valence-corrected chi connectivity index (χ0v) is 32.5. The third-order valence-electron chi connectivity index (χ3n) is 9.93. The number of nitrogens with one attached hydrogen (secondary N) is 2. The summed E-state index contributed by atoms with van der Waals surface area (Å²) in [7, 11) is 0. The minimum Gasteiger partial charge on any atom is -0.457 e. The number of nitrogens with zero attached hydrogens (tertiary/aromatic N) is 4. The lowest BCUT2D eigenvalue weighted by Gasteiger charge is -2.41. The van der Waals surface area contributed by atoms with Crippen molar-refractivity contribution in [1.82, 2.24) is 25.5 Å². The van der Waals surface area contributed by atoms with Crippen LogP contribution >= 0.6 is 11.8 Å². The van der Waals surface area contributed by atoms with E-state index in [0.717, 1.165) is 44.8 Å². The van der Waals surface area contributed by atoms with Gasteiger partial charge in [0.05, 0.1) is 24.5 Å². The standard InChI is InChI=1S/C46H42N6O5S/c1-31-42(30-58-46-49-50-51-52(46)39-11-4-2-5-12-39)56-44(57-43(31)35-17-15-32(29-53)16-18-35)36-21-19-34(20-22-36)37-10-8-9-33(27-37)28-47-45(54)48-38-23-25-41(26-24-38)55-40-13-6-3-7-14-40/h2-27,31,42-44,53H,28-30H2,1H3,(H2,47,48,54)/t31-,42+,43+,44+/m1/s1. The van der Waals surface area contributed by atoms with Gasteiger partial charge in [-0.05, 0) is 92.8 Å². The van der Waals surface area contributed by atoms with E-state index in [1.54, 1.807) is 28.6 Å². The zero-order valence-electron chi connectivity index (χ0n) is 31.7. The number of carbonyl (C=O) groups excluding carboxylic acids is 1. The van der Waals surface area contributed by atoms with Crippen LogP contribution in [0.3, 0.4) is 0 Å². The Kier molecular flexibility index (Phi) is 12.2. The predicted molar refractivity (Wildman–Crippen MR) is 224 cm³/mol. The molecular weight excluding hydrogens is 749 g/mol. The van der Waals surface area contributed by atoms with Crippen molar-refractivity contribution < 1.29 is 24.1 Å². The first-order valence-corrected chi connectivity index (χ1v) is 20.0. The highest BCUT2D eigenvalue weighted by Gasteiger charge is 2.38. The van der Waals surface area contributed by atoms with Gasteiger partial charge in [-0.2, -0.15) is 4.68 Å². The fourth-order valence-corrected chi connectivity index (χ4v) is 7.80. The summed E-state index contributed by atoms with van der Waals surface area (Å²) in [5.74, 6) is 2.04. The smallest absolute Gasteiger partial charge is 0.319 e. The first-order valence-electron chi connectivity index (χ1n) is 19.0. The molecule has 0 radical (unpaired) electrons. The first-order chi connectivity index (χ1) is 28.5. The summed E-state index contributed by atoms with van der Waals surface area (Å²) in [6.07, 6.45) is -1.07. The van der Waals surface area contributed by atoms with Crippen LogP contribution in [-0.2, 0) is 22.6 Å². The van der Waals surface area contributed by atoms with Crippen LogP contribution in [0.25, 0.3) is 16.8 Å². The molecule has 11 nitrogen and oxygen atoms in total. The molecule has 1 aromatic heterocycles. The Labute approximate surface area is 341 Å². The van der Waals surface area contributed by atoms with Crippen molar-refractivity contribution in [2.75, 3.05) is 11.1 Å². The Morgan fingerprint density at radius 2 is 1.47 bits per heavy atom. The number of thioether (sulfide) groups is 1. The highest BCUT2D eigenvalue weighted by molar-refractivity contribution is 7.99. The normalized spacial score (nSPS) is 17.7. The summed E-state index contributed by atoms with van der Waals surface area (Å²) >= 11 is 1.55. The van der Waals surface area contributed by atoms with Gasteiger partial charge in [0, 0.05) is 29.5 Å². The van der Waals surface area contributed by atoms with E-state index >= 15 is 0 Å². The Balaban J connectivity index is 0.919. The summed E-state index contributed by atoms with van der Waals surface area (Å²) in [5.41, 5.74) is 7.30. The number of aromatic nitrogens is 4. The maximum atomic E-state index is 12.8. The molecule has 0 unspecified atom stereocenters. The van der Waals surface area contributed by atoms with Crippen molar-refractivity contribution >= 4 is 23.5 Å². The zero-order chi connectivity index (χ0) is 39.7. The lowest BCUT2D eigenvalue weighted by molar-refractivity contribution is -0.268. The number of rotatable bonds is 13. The average Bonchev–Trinajstić information content (AvgIpc) is 3.76. The number of aliphatic hydroxyl groups is 1. The van der Waals surface area contributed by atoms with Crippen LogP contribution in [0.5, 0.6) is 11.5 Å². The van der Waals surface area contributed by atoms with Gasteiger partial charge in [0.1, 0.15) is 11.5 Å². The van der Waals surface area contributed by atoms with E-state index in [1.165, 1.54) is 0 Å². The minimum absolute atomic E-state index is 0.00237. The Morgan fingerprint density at radius 3 is 2.21 bits per heavy atom. The van der Waals surface area contributed by atoms with Crippen LogP contribution < -0.4 is 15.4 Å². The second kappa shape index (κ2) is 18.3. The largest absolute Gasteiger partial charge is 0.457 e. The van der Waals surface area contributed by atoms with E-state index in [4.69, 9.17) is 14.2 Å². The van der Waals surface area contributed by atoms with Gasteiger partial charge < -0.3 is 30.0 Å². The number of aliphatic hydroxyl groups excluding tert-OH is 1. The SMILES string of the molecule is C[C@@H]1[C@H](CSc2nnnn2-c2ccccc2)O[C@H](c2ccc(-c3cccc(CNC(=O)Nc4ccc(Oc5ccccc5)cc4)c3)cc2)O[C@@H]1c1ccc(CO)cc1. The van der Waals surface area contributed by atoms with E-state index in [1.807, 2.05) is 121 Å². The van der Waals surface area contributed by atoms with E-state index in [9.17, 15) is 9.90 Å². The molecule has 2 amide bonds. The van der Waals surface area contributed by atoms with E-state index < -0.39 is 6.29 Å². The number of hydrogen-bond donors (Lipinski definition) is 3. The molecule has 58 heavy (non-hydrogen) atoms. The van der Waals surface area contributed by atoms with Crippen molar-refractivity contribution in [1.29, 1.82) is 0 Å². The molecule has 7 aromatic rings. The molecule has 1 saturated heterocycles. The summed E-state index contributed by atoms with van der Waals surface area (Å²) < 4.78 is 21.0. The van der Waals surface area contributed by atoms with Crippen LogP contribution in [0, 0.1) is 5.92 Å². The number of hydrogen-bond acceptors (Lipinski definition) is 9. The van der Waals surface area contributed by atoms with Crippen LogP contribution in [0.15, 0.2) is 163 Å². The molecule has 0 saturated carbocycles. The van der Waals surface area contributed by atoms with Gasteiger partial charge in [0.25, 0.3) is 0 Å². The van der Waals surface area contributed by atoms with Gasteiger partial charge in [-0.1, -0.05) is 122 Å². The van der Waals surface area contributed by atoms with Crippen molar-refractivity contribution in [3.05, 3.63) is 180 Å². The van der Waals surface area contributed by atoms with Crippen LogP contribution in [0.1, 0.15) is 41.6 Å².